The number of halogens is 1. The molecule has 0 saturated carbocycles. The molecule has 0 spiro atoms. The highest BCUT2D eigenvalue weighted by Gasteiger charge is 2.26. The topological polar surface area (TPSA) is 50.3 Å². The van der Waals surface area contributed by atoms with Crippen molar-refractivity contribution >= 4 is 10.0 Å². The Balaban J connectivity index is 2.33. The zero-order chi connectivity index (χ0) is 15.6. The Morgan fingerprint density at radius 1 is 1.19 bits per heavy atom. The van der Waals surface area contributed by atoms with Crippen LogP contribution in [0.2, 0.25) is 0 Å². The normalized spacial score (nSPS) is 13.4. The van der Waals surface area contributed by atoms with Crippen molar-refractivity contribution in [2.24, 2.45) is 0 Å². The molecule has 0 radical (unpaired) electrons. The molecule has 0 N–H and O–H groups in total. The van der Waals surface area contributed by atoms with Crippen molar-refractivity contribution in [3.63, 3.8) is 0 Å². The number of hydrogen-bond donors (Lipinski definition) is 0. The fraction of sp³-hybridized carbons (Fsp3) is 0.267. The molecule has 0 aliphatic heterocycles. The Bertz CT molecular complexity index is 730. The van der Waals surface area contributed by atoms with E-state index in [4.69, 9.17) is 0 Å². The molecule has 0 unspecified atom stereocenters. The summed E-state index contributed by atoms with van der Waals surface area (Å²) in [5.74, 6) is -0.674. The fourth-order valence-corrected chi connectivity index (χ4v) is 3.29. The summed E-state index contributed by atoms with van der Waals surface area (Å²) in [5, 5.41) is 0. The number of pyridine rings is 1. The summed E-state index contributed by atoms with van der Waals surface area (Å²) in [6.45, 7) is 3.75. The SMILES string of the molecule is Cc1ccc([C@H](C)N(C)S(=O)(=O)c2cncc(F)c2)cc1. The molecule has 2 rings (SSSR count). The monoisotopic (exact) mass is 308 g/mol. The van der Waals surface area contributed by atoms with Crippen molar-refractivity contribution < 1.29 is 12.8 Å². The van der Waals surface area contributed by atoms with Gasteiger partial charge in [-0.1, -0.05) is 29.8 Å². The lowest BCUT2D eigenvalue weighted by atomic mass is 10.1. The maximum Gasteiger partial charge on any atom is 0.245 e. The first kappa shape index (κ1) is 15.6. The molecule has 4 nitrogen and oxygen atoms in total. The van der Waals surface area contributed by atoms with E-state index >= 15 is 0 Å². The van der Waals surface area contributed by atoms with Crippen LogP contribution in [0.3, 0.4) is 0 Å². The van der Waals surface area contributed by atoms with E-state index < -0.39 is 15.8 Å². The molecule has 1 atom stereocenters. The third kappa shape index (κ3) is 3.28. The first-order chi connectivity index (χ1) is 9.82. The van der Waals surface area contributed by atoms with Crippen LogP contribution in [0.1, 0.15) is 24.1 Å². The predicted octanol–water partition coefficient (Wildman–Crippen LogP) is 2.91. The van der Waals surface area contributed by atoms with Gasteiger partial charge in [0, 0.05) is 19.3 Å². The summed E-state index contributed by atoms with van der Waals surface area (Å²) in [7, 11) is -2.31. The number of aromatic nitrogens is 1. The summed E-state index contributed by atoms with van der Waals surface area (Å²) in [6, 6.07) is 8.23. The lowest BCUT2D eigenvalue weighted by Crippen LogP contribution is -2.30. The molecule has 0 fully saturated rings. The summed E-state index contributed by atoms with van der Waals surface area (Å²) < 4.78 is 39.4. The van der Waals surface area contributed by atoms with Gasteiger partial charge in [-0.15, -0.1) is 0 Å². The van der Waals surface area contributed by atoms with E-state index in [0.717, 1.165) is 29.6 Å². The molecule has 0 amide bonds. The zero-order valence-corrected chi connectivity index (χ0v) is 12.9. The van der Waals surface area contributed by atoms with E-state index in [9.17, 15) is 12.8 Å². The Hall–Kier alpha value is -1.79. The van der Waals surface area contributed by atoms with Crippen LogP contribution < -0.4 is 0 Å². The quantitative estimate of drug-likeness (QED) is 0.872. The highest BCUT2D eigenvalue weighted by molar-refractivity contribution is 7.89. The molecule has 2 aromatic rings. The largest absolute Gasteiger partial charge is 0.260 e. The predicted molar refractivity (Wildman–Crippen MR) is 78.7 cm³/mol. The maximum atomic E-state index is 13.2. The Morgan fingerprint density at radius 3 is 2.38 bits per heavy atom. The van der Waals surface area contributed by atoms with Gasteiger partial charge in [-0.05, 0) is 25.5 Å². The molecule has 1 aromatic heterocycles. The number of sulfonamides is 1. The summed E-state index contributed by atoms with van der Waals surface area (Å²) in [6.07, 6.45) is 2.12. The van der Waals surface area contributed by atoms with Crippen LogP contribution in [-0.4, -0.2) is 24.8 Å². The Labute approximate surface area is 124 Å². The standard InChI is InChI=1S/C15H17FN2O2S/c1-11-4-6-13(7-5-11)12(2)18(3)21(19,20)15-8-14(16)9-17-10-15/h4-10,12H,1-3H3/t12-/m0/s1. The van der Waals surface area contributed by atoms with E-state index in [1.807, 2.05) is 31.2 Å². The van der Waals surface area contributed by atoms with Gasteiger partial charge in [-0.3, -0.25) is 4.98 Å². The summed E-state index contributed by atoms with van der Waals surface area (Å²) in [5.41, 5.74) is 1.97. The van der Waals surface area contributed by atoms with Gasteiger partial charge >= 0.3 is 0 Å². The maximum absolute atomic E-state index is 13.2. The summed E-state index contributed by atoms with van der Waals surface area (Å²) >= 11 is 0. The Kier molecular flexibility index (Phi) is 4.39. The third-order valence-electron chi connectivity index (χ3n) is 3.46. The lowest BCUT2D eigenvalue weighted by Gasteiger charge is -2.24. The molecular formula is C15H17FN2O2S. The van der Waals surface area contributed by atoms with Gasteiger partial charge in [0.1, 0.15) is 10.7 Å². The smallest absolute Gasteiger partial charge is 0.245 e. The fourth-order valence-electron chi connectivity index (χ4n) is 1.96. The van der Waals surface area contributed by atoms with Crippen molar-refractivity contribution in [3.8, 4) is 0 Å². The van der Waals surface area contributed by atoms with E-state index in [-0.39, 0.29) is 10.9 Å². The van der Waals surface area contributed by atoms with Gasteiger partial charge in [0.25, 0.3) is 0 Å². The molecule has 0 bridgehead atoms. The second kappa shape index (κ2) is 5.91. The van der Waals surface area contributed by atoms with Crippen LogP contribution in [0.25, 0.3) is 0 Å². The van der Waals surface area contributed by atoms with Crippen LogP contribution in [0, 0.1) is 12.7 Å². The van der Waals surface area contributed by atoms with Crippen molar-refractivity contribution in [1.82, 2.24) is 9.29 Å². The molecule has 21 heavy (non-hydrogen) atoms. The molecular weight excluding hydrogens is 291 g/mol. The number of rotatable bonds is 4. The highest BCUT2D eigenvalue weighted by Crippen LogP contribution is 2.25. The summed E-state index contributed by atoms with van der Waals surface area (Å²) in [4.78, 5) is 3.45. The average Bonchev–Trinajstić information content (AvgIpc) is 2.46. The van der Waals surface area contributed by atoms with Crippen LogP contribution >= 0.6 is 0 Å². The third-order valence-corrected chi connectivity index (χ3v) is 5.36. The van der Waals surface area contributed by atoms with E-state index in [0.29, 0.717) is 0 Å². The first-order valence-electron chi connectivity index (χ1n) is 6.47. The number of nitrogens with zero attached hydrogens (tertiary/aromatic N) is 2. The van der Waals surface area contributed by atoms with Gasteiger partial charge < -0.3 is 0 Å². The molecule has 0 aliphatic carbocycles. The van der Waals surface area contributed by atoms with E-state index in [2.05, 4.69) is 4.98 Å². The van der Waals surface area contributed by atoms with Gasteiger partial charge in [-0.2, -0.15) is 4.31 Å². The van der Waals surface area contributed by atoms with Gasteiger partial charge in [0.15, 0.2) is 0 Å². The van der Waals surface area contributed by atoms with Crippen molar-refractivity contribution in [2.45, 2.75) is 24.8 Å². The van der Waals surface area contributed by atoms with Gasteiger partial charge in [0.05, 0.1) is 6.20 Å². The molecule has 0 saturated heterocycles. The number of hydrogen-bond acceptors (Lipinski definition) is 3. The van der Waals surface area contributed by atoms with Crippen LogP contribution in [0.5, 0.6) is 0 Å². The molecule has 0 aliphatic rings. The Morgan fingerprint density at radius 2 is 1.81 bits per heavy atom. The van der Waals surface area contributed by atoms with Crippen molar-refractivity contribution in [3.05, 3.63) is 59.7 Å². The van der Waals surface area contributed by atoms with Crippen LogP contribution in [0.15, 0.2) is 47.6 Å². The minimum absolute atomic E-state index is 0.149. The molecule has 1 aromatic carbocycles. The lowest BCUT2D eigenvalue weighted by molar-refractivity contribution is 0.398. The highest BCUT2D eigenvalue weighted by atomic mass is 32.2. The van der Waals surface area contributed by atoms with Crippen molar-refractivity contribution in [2.75, 3.05) is 7.05 Å². The second-order valence-electron chi connectivity index (χ2n) is 4.95. The minimum atomic E-state index is -3.79. The van der Waals surface area contributed by atoms with Crippen LogP contribution in [-0.2, 0) is 10.0 Å². The number of aryl methyl sites for hydroxylation is 1. The minimum Gasteiger partial charge on any atom is -0.260 e. The first-order valence-corrected chi connectivity index (χ1v) is 7.91. The zero-order valence-electron chi connectivity index (χ0n) is 12.1. The molecule has 112 valence electrons. The van der Waals surface area contributed by atoms with E-state index in [1.165, 1.54) is 11.4 Å². The van der Waals surface area contributed by atoms with Crippen molar-refractivity contribution in [1.29, 1.82) is 0 Å². The molecule has 6 heteroatoms. The van der Waals surface area contributed by atoms with E-state index in [1.54, 1.807) is 6.92 Å². The number of benzene rings is 1. The van der Waals surface area contributed by atoms with Crippen LogP contribution in [0.4, 0.5) is 4.39 Å². The molecule has 1 heterocycles. The van der Waals surface area contributed by atoms with Gasteiger partial charge in [-0.25, -0.2) is 12.8 Å². The average molecular weight is 308 g/mol. The van der Waals surface area contributed by atoms with Gasteiger partial charge in [0.2, 0.25) is 10.0 Å². The second-order valence-corrected chi connectivity index (χ2v) is 6.94.